The Bertz CT molecular complexity index is 890. The molecule has 0 spiro atoms. The number of phenols is 1. The van der Waals surface area contributed by atoms with Gasteiger partial charge in [-0.1, -0.05) is 12.1 Å². The van der Waals surface area contributed by atoms with Crippen molar-refractivity contribution in [3.63, 3.8) is 0 Å². The lowest BCUT2D eigenvalue weighted by molar-refractivity contribution is -0.148. The van der Waals surface area contributed by atoms with Crippen LogP contribution >= 0.6 is 0 Å². The summed E-state index contributed by atoms with van der Waals surface area (Å²) in [7, 11) is 3.01. The molecule has 27 heavy (non-hydrogen) atoms. The predicted octanol–water partition coefficient (Wildman–Crippen LogP) is 2.61. The van der Waals surface area contributed by atoms with Crippen molar-refractivity contribution in [2.45, 2.75) is 12.5 Å². The van der Waals surface area contributed by atoms with Crippen LogP contribution in [0.1, 0.15) is 6.42 Å². The zero-order chi connectivity index (χ0) is 19.2. The number of benzene rings is 1. The molecule has 142 valence electrons. The number of ether oxygens (including phenoxy) is 2. The Morgan fingerprint density at radius 3 is 2.85 bits per heavy atom. The highest BCUT2D eigenvalue weighted by Gasteiger charge is 2.71. The van der Waals surface area contributed by atoms with Crippen molar-refractivity contribution in [3.8, 4) is 17.0 Å². The quantitative estimate of drug-likeness (QED) is 0.814. The number of carbonyl (C=O) groups is 1. The van der Waals surface area contributed by atoms with Crippen LogP contribution in [-0.2, 0) is 14.3 Å². The van der Waals surface area contributed by atoms with Crippen molar-refractivity contribution >= 4 is 11.8 Å². The second-order valence-corrected chi connectivity index (χ2v) is 7.07. The first-order chi connectivity index (χ1) is 13.0. The highest BCUT2D eigenvalue weighted by molar-refractivity contribution is 5.84. The Morgan fingerprint density at radius 1 is 1.33 bits per heavy atom. The lowest BCUT2D eigenvalue weighted by Gasteiger charge is -2.31. The highest BCUT2D eigenvalue weighted by Crippen LogP contribution is 2.62. The van der Waals surface area contributed by atoms with Crippen molar-refractivity contribution in [1.29, 1.82) is 0 Å². The lowest BCUT2D eigenvalue weighted by Crippen LogP contribution is -2.44. The van der Waals surface area contributed by atoms with E-state index in [1.165, 1.54) is 19.2 Å². The van der Waals surface area contributed by atoms with Gasteiger partial charge in [0, 0.05) is 19.2 Å². The van der Waals surface area contributed by atoms with E-state index in [0.717, 1.165) is 6.42 Å². The van der Waals surface area contributed by atoms with Crippen molar-refractivity contribution in [2.24, 2.45) is 11.3 Å². The first-order valence-corrected chi connectivity index (χ1v) is 8.81. The molecule has 2 fully saturated rings. The molecular weight excluding hydrogens is 351 g/mol. The van der Waals surface area contributed by atoms with E-state index in [9.17, 15) is 14.3 Å². The molecule has 1 aliphatic carbocycles. The number of aromatic nitrogens is 1. The van der Waals surface area contributed by atoms with Crippen LogP contribution < -0.4 is 4.90 Å². The van der Waals surface area contributed by atoms with E-state index in [2.05, 4.69) is 9.88 Å². The summed E-state index contributed by atoms with van der Waals surface area (Å²) in [5.74, 6) is -0.460. The number of halogens is 1. The Labute approximate surface area is 156 Å². The topological polar surface area (TPSA) is 71.9 Å². The van der Waals surface area contributed by atoms with Gasteiger partial charge in [0.05, 0.1) is 30.9 Å². The third-order valence-corrected chi connectivity index (χ3v) is 5.72. The average molecular weight is 372 g/mol. The van der Waals surface area contributed by atoms with E-state index in [4.69, 9.17) is 9.47 Å². The van der Waals surface area contributed by atoms with Crippen LogP contribution in [0.15, 0.2) is 36.4 Å². The van der Waals surface area contributed by atoms with Gasteiger partial charge in [-0.25, -0.2) is 9.37 Å². The van der Waals surface area contributed by atoms with Gasteiger partial charge in [-0.05, 0) is 36.6 Å². The van der Waals surface area contributed by atoms with E-state index in [-0.39, 0.29) is 17.9 Å². The summed E-state index contributed by atoms with van der Waals surface area (Å²) in [5.41, 5.74) is 0.240. The predicted molar refractivity (Wildman–Crippen MR) is 96.9 cm³/mol. The van der Waals surface area contributed by atoms with Crippen molar-refractivity contribution in [1.82, 2.24) is 4.98 Å². The number of methoxy groups -OCH3 is 2. The minimum atomic E-state index is -0.691. The molecule has 1 aromatic carbocycles. The third-order valence-electron chi connectivity index (χ3n) is 5.72. The van der Waals surface area contributed by atoms with Gasteiger partial charge in [-0.15, -0.1) is 0 Å². The van der Waals surface area contributed by atoms with Crippen LogP contribution in [0, 0.1) is 17.2 Å². The third kappa shape index (κ3) is 2.65. The number of aromatic hydroxyl groups is 1. The number of rotatable bonds is 5. The maximum atomic E-state index is 13.7. The highest BCUT2D eigenvalue weighted by atomic mass is 19.1. The van der Waals surface area contributed by atoms with E-state index < -0.39 is 17.0 Å². The molecule has 1 saturated heterocycles. The largest absolute Gasteiger partial charge is 0.504 e. The van der Waals surface area contributed by atoms with Crippen molar-refractivity contribution < 1.29 is 23.8 Å². The average Bonchev–Trinajstić information content (AvgIpc) is 3.33. The number of esters is 1. The summed E-state index contributed by atoms with van der Waals surface area (Å²) >= 11 is 0. The van der Waals surface area contributed by atoms with E-state index in [1.54, 1.807) is 25.3 Å². The molecule has 7 heteroatoms. The van der Waals surface area contributed by atoms with Crippen LogP contribution in [0.2, 0.25) is 0 Å². The second kappa shape index (κ2) is 6.49. The number of para-hydroxylation sites is 1. The number of phenolic OH excluding ortho intramolecular Hbond substituents is 1. The summed E-state index contributed by atoms with van der Waals surface area (Å²) < 4.78 is 24.1. The van der Waals surface area contributed by atoms with Gasteiger partial charge < -0.3 is 19.5 Å². The van der Waals surface area contributed by atoms with Gasteiger partial charge in [0.25, 0.3) is 0 Å². The first-order valence-electron chi connectivity index (χ1n) is 8.81. The molecule has 1 aromatic heterocycles. The Morgan fingerprint density at radius 2 is 2.11 bits per heavy atom. The molecule has 6 nitrogen and oxygen atoms in total. The fourth-order valence-electron chi connectivity index (χ4n) is 4.31. The smallest absolute Gasteiger partial charge is 0.314 e. The molecule has 1 N–H and O–H groups in total. The molecule has 0 unspecified atom stereocenters. The van der Waals surface area contributed by atoms with Gasteiger partial charge in [0.15, 0.2) is 11.6 Å². The molecule has 4 rings (SSSR count). The molecule has 1 aliphatic heterocycles. The molecule has 0 bridgehead atoms. The molecule has 2 aliphatic rings. The minimum absolute atomic E-state index is 0.177. The number of piperidine rings is 1. The number of hydrogen-bond acceptors (Lipinski definition) is 6. The zero-order valence-electron chi connectivity index (χ0n) is 15.2. The Hall–Kier alpha value is -2.67. The second-order valence-electron chi connectivity index (χ2n) is 7.07. The number of hydrogen-bond donors (Lipinski definition) is 1. The zero-order valence-corrected chi connectivity index (χ0v) is 15.2. The first kappa shape index (κ1) is 17.7. The molecule has 2 aromatic rings. The number of carbonyl (C=O) groups excluding carboxylic acids is 1. The van der Waals surface area contributed by atoms with Crippen LogP contribution in [-0.4, -0.2) is 49.5 Å². The maximum Gasteiger partial charge on any atom is 0.314 e. The molecule has 3 atom stereocenters. The fraction of sp³-hybridized carbons (Fsp3) is 0.400. The van der Waals surface area contributed by atoms with Crippen molar-refractivity contribution in [3.05, 3.63) is 42.2 Å². The maximum absolute atomic E-state index is 13.7. The standard InChI is InChI=1S/C20H21FN2O4/c1-26-11-16-20(19(25)27-2)9-12(20)10-23(16)17-8-4-7-15(22-17)13-5-3-6-14(21)18(13)24/h3-8,12,16,24H,9-11H2,1-2H3/t12-,16+,20+/m0/s1. The Kier molecular flexibility index (Phi) is 4.26. The van der Waals surface area contributed by atoms with Gasteiger partial charge in [0.1, 0.15) is 5.82 Å². The number of nitrogens with zero attached hydrogens (tertiary/aromatic N) is 2. The fourth-order valence-corrected chi connectivity index (χ4v) is 4.31. The van der Waals surface area contributed by atoms with Crippen LogP contribution in [0.3, 0.4) is 0 Å². The lowest BCUT2D eigenvalue weighted by atomic mass is 9.96. The molecule has 1 saturated carbocycles. The summed E-state index contributed by atoms with van der Waals surface area (Å²) in [6.45, 7) is 1.05. The number of anilines is 1. The number of pyridine rings is 1. The molecule has 2 heterocycles. The van der Waals surface area contributed by atoms with Crippen LogP contribution in [0.4, 0.5) is 10.2 Å². The minimum Gasteiger partial charge on any atom is -0.504 e. The van der Waals surface area contributed by atoms with Crippen LogP contribution in [0.5, 0.6) is 5.75 Å². The Balaban J connectivity index is 1.70. The summed E-state index contributed by atoms with van der Waals surface area (Å²) in [6.07, 6.45) is 0.786. The SMILES string of the molecule is COC[C@H]1N(c2cccc(-c3cccc(F)c3O)n2)C[C@@H]2C[C@@]21C(=O)OC. The summed E-state index contributed by atoms with van der Waals surface area (Å²) in [5, 5.41) is 10.0. The van der Waals surface area contributed by atoms with Gasteiger partial charge >= 0.3 is 5.97 Å². The summed E-state index contributed by atoms with van der Waals surface area (Å²) in [6, 6.07) is 9.54. The molecule has 0 radical (unpaired) electrons. The van der Waals surface area contributed by atoms with Gasteiger partial charge in [-0.3, -0.25) is 4.79 Å². The van der Waals surface area contributed by atoms with Crippen molar-refractivity contribution in [2.75, 3.05) is 32.3 Å². The number of fused-ring (bicyclic) bond motifs is 1. The van der Waals surface area contributed by atoms with E-state index in [0.29, 0.717) is 30.2 Å². The van der Waals surface area contributed by atoms with Gasteiger partial charge in [0.2, 0.25) is 0 Å². The molecule has 0 amide bonds. The normalized spacial score (nSPS) is 26.0. The monoisotopic (exact) mass is 372 g/mol. The molecular formula is C20H21FN2O4. The van der Waals surface area contributed by atoms with E-state index >= 15 is 0 Å². The summed E-state index contributed by atoms with van der Waals surface area (Å²) in [4.78, 5) is 19.1. The van der Waals surface area contributed by atoms with E-state index in [1.807, 2.05) is 6.07 Å². The van der Waals surface area contributed by atoms with Crippen LogP contribution in [0.25, 0.3) is 11.3 Å². The van der Waals surface area contributed by atoms with Gasteiger partial charge in [-0.2, -0.15) is 0 Å².